The molecule has 1 saturated carbocycles. The quantitative estimate of drug-likeness (QED) is 0.00990. The van der Waals surface area contributed by atoms with Crippen LogP contribution in [0.25, 0.3) is 0 Å². The van der Waals surface area contributed by atoms with Gasteiger partial charge >= 0.3 is 12.1 Å². The molecule has 4 saturated heterocycles. The van der Waals surface area contributed by atoms with Gasteiger partial charge in [-0.2, -0.15) is 10.6 Å². The summed E-state index contributed by atoms with van der Waals surface area (Å²) < 4.78 is 78.8. The van der Waals surface area contributed by atoms with Gasteiger partial charge in [-0.05, 0) is 138 Å². The summed E-state index contributed by atoms with van der Waals surface area (Å²) in [5, 5.41) is 84.1. The van der Waals surface area contributed by atoms with E-state index in [4.69, 9.17) is 71.3 Å². The summed E-state index contributed by atoms with van der Waals surface area (Å²) in [5.74, 6) is 8.80. The Hall–Kier alpha value is -7.43. The molecule has 38 heteroatoms. The van der Waals surface area contributed by atoms with Crippen LogP contribution in [-0.4, -0.2) is 267 Å². The van der Waals surface area contributed by atoms with Crippen molar-refractivity contribution in [2.75, 3.05) is 61.1 Å². The smallest absolute Gasteiger partial charge is 0.407 e. The second kappa shape index (κ2) is 41.3. The van der Waals surface area contributed by atoms with E-state index in [1.165, 1.54) is 81.2 Å². The van der Waals surface area contributed by atoms with Gasteiger partial charge in [-0.3, -0.25) is 24.0 Å². The zero-order valence-corrected chi connectivity index (χ0v) is 70.4. The summed E-state index contributed by atoms with van der Waals surface area (Å²) in [4.78, 5) is 93.8. The van der Waals surface area contributed by atoms with Crippen molar-refractivity contribution < 1.29 is 136 Å². The summed E-state index contributed by atoms with van der Waals surface area (Å²) in [5.41, 5.74) is 4.76. The summed E-state index contributed by atoms with van der Waals surface area (Å²) in [7, 11) is 9.22. The zero-order chi connectivity index (χ0) is 83.9. The van der Waals surface area contributed by atoms with E-state index in [1.54, 1.807) is 69.9 Å². The molecular weight excluding hydrogens is 1680 g/mol. The van der Waals surface area contributed by atoms with Gasteiger partial charge in [0.2, 0.25) is 47.0 Å². The van der Waals surface area contributed by atoms with Gasteiger partial charge in [0.05, 0.1) is 110 Å². The minimum absolute atomic E-state index is 0.000454. The molecule has 18 unspecified atom stereocenters. The Morgan fingerprint density at radius 1 is 0.843 bits per heavy atom. The number of thioether (sulfide) groups is 1. The first kappa shape index (κ1) is 91.5. The highest BCUT2D eigenvalue weighted by molar-refractivity contribution is 14.1. The van der Waals surface area contributed by atoms with Crippen LogP contribution in [-0.2, 0) is 66.6 Å². The number of nitrogens with zero attached hydrogens (tertiary/aromatic N) is 3. The Morgan fingerprint density at radius 2 is 1.54 bits per heavy atom. The number of carbonyl (C=O) groups excluding carboxylic acids is 6. The zero-order valence-electron chi connectivity index (χ0n) is 65.8. The fraction of sp³-hybridized carbons (Fsp3) is 0.571. The lowest BCUT2D eigenvalue weighted by Crippen LogP contribution is -2.64. The van der Waals surface area contributed by atoms with Crippen LogP contribution in [0.15, 0.2) is 76.6 Å². The number of rotatable bonds is 32. The van der Waals surface area contributed by atoms with Crippen LogP contribution in [0.1, 0.15) is 115 Å². The molecule has 5 fully saturated rings. The number of Topliss-reactive ketones (excluding diaryl/α,β-unsaturated/α-hetero) is 1. The van der Waals surface area contributed by atoms with E-state index in [2.05, 4.69) is 45.0 Å². The Morgan fingerprint density at radius 3 is 2.19 bits per heavy atom. The van der Waals surface area contributed by atoms with Crippen molar-refractivity contribution in [1.29, 1.82) is 0 Å². The van der Waals surface area contributed by atoms with E-state index in [0.29, 0.717) is 37.4 Å². The maximum Gasteiger partial charge on any atom is 0.407 e. The molecule has 0 radical (unpaired) electrons. The van der Waals surface area contributed by atoms with Crippen LogP contribution in [0.5, 0.6) is 34.8 Å². The summed E-state index contributed by atoms with van der Waals surface area (Å²) in [6.07, 6.45) is -14.3. The van der Waals surface area contributed by atoms with Crippen molar-refractivity contribution in [3.63, 3.8) is 0 Å². The number of amides is 3. The number of likely N-dealkylation sites (N-methyl/N-ethyl adjacent to an activating group) is 1. The molecule has 6 aliphatic rings. The lowest BCUT2D eigenvalue weighted by molar-refractivity contribution is -0.328. The average molecular weight is 1780 g/mol. The van der Waals surface area contributed by atoms with Crippen LogP contribution in [0.3, 0.4) is 0 Å². The highest BCUT2D eigenvalue weighted by Gasteiger charge is 2.53. The molecule has 34 nitrogen and oxygen atoms in total. The van der Waals surface area contributed by atoms with Gasteiger partial charge in [-0.1, -0.05) is 57.2 Å². The molecule has 19 atom stereocenters. The van der Waals surface area contributed by atoms with Gasteiger partial charge in [0.1, 0.15) is 36.2 Å². The molecule has 10 N–H and O–H groups in total. The summed E-state index contributed by atoms with van der Waals surface area (Å²) >= 11 is 2.77. The molecule has 115 heavy (non-hydrogen) atoms. The third kappa shape index (κ3) is 22.5. The van der Waals surface area contributed by atoms with Crippen molar-refractivity contribution in [2.24, 2.45) is 5.10 Å². The number of hydrazone groups is 1. The molecule has 9 rings (SSSR count). The number of alkyl carbamates (subject to hydrolysis) is 1. The molecule has 3 amide bonds. The number of halogens is 1. The van der Waals surface area contributed by atoms with E-state index in [9.17, 15) is 64.5 Å². The number of aliphatic hydroxyl groups is 5. The van der Waals surface area contributed by atoms with Crippen LogP contribution in [0.4, 0.5) is 4.79 Å². The van der Waals surface area contributed by atoms with Crippen LogP contribution >= 0.6 is 55.9 Å². The number of fused-ring (bicyclic) bond motifs is 2. The lowest BCUT2D eigenvalue weighted by atomic mass is 9.73. The number of benzene rings is 2. The first-order valence-electron chi connectivity index (χ1n) is 36.8. The number of aromatic hydroxyl groups is 2. The third-order valence-corrected chi connectivity index (χ3v) is 25.4. The molecule has 2 aromatic carbocycles. The number of hydrogen-bond donors (Lipinski definition) is 10. The number of nitrogens with one attached hydrogen (secondary N) is 3. The normalized spacial score (nSPS) is 29.5. The lowest BCUT2D eigenvalue weighted by Gasteiger charge is -2.46. The maximum atomic E-state index is 14.6. The molecule has 2 bridgehead atoms. The highest BCUT2D eigenvalue weighted by Crippen LogP contribution is 2.50. The standard InChI is InChI=1S/C77H99IN6O28S3/c1-15-83(43(7)85)47-37-104-56(34-51(47)98-10)109-69-64(93)61(82-111-57-33-48(86)71(42(6)105-57)114-72(95)58-38(2)60(78)67(70(101-13)66(58)99-11)110-73-65(94)68(100-12)63(92)41(5)107-73)40(4)106-74(69)108-50-21-18-16-17-19-30-77(97)35-49(87)62(79-75(96)102-14)59(50)46(77)29-32-113-115-76(8,9)36-52(88)81-80-39(3)44-23-25-45(26-24-44)103-31-20-22-55(91)112-84-53(89)27-28-54(84)90/h16-17,23-29,40-42,47-48,51,56-57,61-65,68-69,71,73-74,82,86,89-90,92-94,97H,15,20,22,31-37H2,1-14H3,(H,79,96)(H,81,88)/b17-16-,46-29?,59-50?,80-39?/t40?,41?,42?,47?,48?,51?,56?,57?,61?,62?,63?,64?,65?,68?,69?,71?,73?,74?,77-/m0/s1. The number of methoxy groups -OCH3 is 5. The van der Waals surface area contributed by atoms with Crippen molar-refractivity contribution >= 4 is 96.4 Å². The first-order chi connectivity index (χ1) is 54.7. The fourth-order valence-electron chi connectivity index (χ4n) is 13.7. The van der Waals surface area contributed by atoms with Crippen LogP contribution < -0.4 is 40.0 Å². The molecule has 4 aliphatic heterocycles. The fourth-order valence-corrected chi connectivity index (χ4v) is 17.8. The van der Waals surface area contributed by atoms with E-state index < -0.39 is 167 Å². The minimum Gasteiger partial charge on any atom is -0.494 e. The molecule has 1 aromatic heterocycles. The SMILES string of the molecule is CCN(C(C)=O)C1COC(OC2C(OC3=C4C(=CCSSC(C)(C)CC(=O)NN=C(C)c5ccc(OCCCC(=O)On6c(O)ccc6O)cc5)[C@](O)(C#C/C=C\C#C3)CC(=O)C4NC(=O)OC)OC(C)C(NOC3CC(O)C(SC(=O)c4c(C)c(I)c(OC5OC(C)C(O)C(OC)C5O)c(OC)c4OC)C(C)O3)C2O)CC1OC. The van der Waals surface area contributed by atoms with Gasteiger partial charge in [-0.15, -0.1) is 4.73 Å². The van der Waals surface area contributed by atoms with Gasteiger partial charge in [0, 0.05) is 80.7 Å². The van der Waals surface area contributed by atoms with Gasteiger partial charge in [0.15, 0.2) is 47.3 Å². The molecule has 630 valence electrons. The Balaban J connectivity index is 0.912. The average Bonchev–Trinajstić information content (AvgIpc) is 0.804. The van der Waals surface area contributed by atoms with E-state index in [-0.39, 0.29) is 96.7 Å². The Labute approximate surface area is 691 Å². The van der Waals surface area contributed by atoms with Gasteiger partial charge < -0.3 is 112 Å². The Bertz CT molecular complexity index is 4210. The number of aliphatic hydroxyl groups excluding tert-OH is 4. The number of hydroxylamine groups is 1. The minimum atomic E-state index is -2.25. The van der Waals surface area contributed by atoms with Crippen LogP contribution in [0.2, 0.25) is 0 Å². The summed E-state index contributed by atoms with van der Waals surface area (Å²) in [6, 6.07) is 5.88. The molecule has 2 aliphatic carbocycles. The highest BCUT2D eigenvalue weighted by atomic mass is 127. The maximum absolute atomic E-state index is 14.6. The van der Waals surface area contributed by atoms with E-state index >= 15 is 0 Å². The van der Waals surface area contributed by atoms with Gasteiger partial charge in [-0.25, -0.2) is 15.0 Å². The molecular formula is C77H99IN6O28S3. The summed E-state index contributed by atoms with van der Waals surface area (Å²) in [6.45, 7) is 15.6. The third-order valence-electron chi connectivity index (χ3n) is 19.6. The van der Waals surface area contributed by atoms with E-state index in [1.807, 2.05) is 43.4 Å². The number of carbonyl (C=O) groups is 6. The molecule has 5 heterocycles. The second-order valence-electron chi connectivity index (χ2n) is 28.1. The predicted molar refractivity (Wildman–Crippen MR) is 425 cm³/mol. The second-order valence-corrected chi connectivity index (χ2v) is 33.4. The predicted octanol–water partition coefficient (Wildman–Crippen LogP) is 4.91. The number of ketones is 1. The topological polar surface area (TPSA) is 439 Å². The van der Waals surface area contributed by atoms with Crippen molar-refractivity contribution in [1.82, 2.24) is 25.9 Å². The number of ether oxygens (including phenoxy) is 13. The van der Waals surface area contributed by atoms with Crippen molar-refractivity contribution in [3.8, 4) is 58.4 Å². The van der Waals surface area contributed by atoms with Crippen LogP contribution in [0, 0.1) is 34.2 Å². The first-order valence-corrected chi connectivity index (χ1v) is 41.1. The van der Waals surface area contributed by atoms with Crippen molar-refractivity contribution in [2.45, 2.75) is 221 Å². The Kier molecular flexibility index (Phi) is 32.9. The number of allylic oxidation sites excluding steroid dienone is 3. The van der Waals surface area contributed by atoms with Crippen molar-refractivity contribution in [3.05, 3.63) is 91.8 Å². The van der Waals surface area contributed by atoms with E-state index in [0.717, 1.165) is 18.9 Å². The monoisotopic (exact) mass is 1780 g/mol. The molecule has 3 aromatic rings. The number of hydrogen-bond acceptors (Lipinski definition) is 33. The number of aromatic nitrogens is 1. The molecule has 0 spiro atoms. The van der Waals surface area contributed by atoms with Gasteiger partial charge in [0.25, 0.3) is 0 Å². The largest absolute Gasteiger partial charge is 0.494 e.